The van der Waals surface area contributed by atoms with Gasteiger partial charge in [-0.2, -0.15) is 0 Å². The van der Waals surface area contributed by atoms with E-state index in [9.17, 15) is 9.59 Å². The van der Waals surface area contributed by atoms with Gasteiger partial charge >= 0.3 is 0 Å². The minimum absolute atomic E-state index is 0.113. The fraction of sp³-hybridized carbons (Fsp3) is 0.200. The molecule has 2 aromatic carbocycles. The first-order chi connectivity index (χ1) is 13.1. The van der Waals surface area contributed by atoms with Crippen LogP contribution in [0.3, 0.4) is 0 Å². The van der Waals surface area contributed by atoms with Crippen LogP contribution < -0.4 is 10.6 Å². The summed E-state index contributed by atoms with van der Waals surface area (Å²) in [6.45, 7) is 1.44. The zero-order valence-electron chi connectivity index (χ0n) is 14.9. The molecule has 3 rings (SSSR count). The van der Waals surface area contributed by atoms with Gasteiger partial charge in [0.25, 0.3) is 0 Å². The van der Waals surface area contributed by atoms with E-state index in [4.69, 9.17) is 4.42 Å². The molecule has 0 aliphatic heterocycles. The van der Waals surface area contributed by atoms with Crippen molar-refractivity contribution in [1.82, 2.24) is 10.2 Å². The van der Waals surface area contributed by atoms with Gasteiger partial charge < -0.3 is 15.1 Å². The lowest BCUT2D eigenvalue weighted by Gasteiger charge is -2.07. The number of hydrogen-bond donors (Lipinski definition) is 2. The molecule has 1 heterocycles. The minimum Gasteiger partial charge on any atom is -0.421 e. The van der Waals surface area contributed by atoms with Gasteiger partial charge in [-0.3, -0.25) is 9.59 Å². The van der Waals surface area contributed by atoms with E-state index in [0.29, 0.717) is 42.4 Å². The van der Waals surface area contributed by atoms with Crippen LogP contribution in [0.5, 0.6) is 0 Å². The van der Waals surface area contributed by atoms with Crippen molar-refractivity contribution in [2.24, 2.45) is 0 Å². The molecule has 2 amide bonds. The van der Waals surface area contributed by atoms with Gasteiger partial charge in [-0.25, -0.2) is 0 Å². The van der Waals surface area contributed by atoms with Crippen LogP contribution in [0.25, 0.3) is 11.5 Å². The molecule has 0 atom stereocenters. The Hall–Kier alpha value is -3.48. The molecule has 0 aliphatic rings. The SMILES string of the molecule is CC(=O)Nc1cccc(NC(=O)CCCc2nnc(-c3ccccc3)o2)c1. The smallest absolute Gasteiger partial charge is 0.247 e. The average molecular weight is 364 g/mol. The molecule has 0 radical (unpaired) electrons. The molecule has 1 aromatic heterocycles. The number of aromatic nitrogens is 2. The number of aryl methyl sites for hydroxylation is 1. The topological polar surface area (TPSA) is 97.1 Å². The third-order valence-corrected chi connectivity index (χ3v) is 3.75. The van der Waals surface area contributed by atoms with Crippen LogP contribution in [0.4, 0.5) is 11.4 Å². The van der Waals surface area contributed by atoms with Crippen LogP contribution >= 0.6 is 0 Å². The van der Waals surface area contributed by atoms with E-state index >= 15 is 0 Å². The van der Waals surface area contributed by atoms with E-state index in [0.717, 1.165) is 5.56 Å². The van der Waals surface area contributed by atoms with Crippen molar-refractivity contribution in [3.63, 3.8) is 0 Å². The Balaban J connectivity index is 1.47. The van der Waals surface area contributed by atoms with Crippen molar-refractivity contribution in [3.8, 4) is 11.5 Å². The number of benzene rings is 2. The van der Waals surface area contributed by atoms with E-state index in [1.54, 1.807) is 24.3 Å². The number of anilines is 2. The Morgan fingerprint density at radius 2 is 1.70 bits per heavy atom. The standard InChI is InChI=1S/C20H20N4O3/c1-14(25)21-16-9-5-10-17(13-16)22-18(26)11-6-12-19-23-24-20(27-19)15-7-3-2-4-8-15/h2-5,7-10,13H,6,11-12H2,1H3,(H,21,25)(H,22,26). The van der Waals surface area contributed by atoms with E-state index in [1.165, 1.54) is 6.92 Å². The Morgan fingerprint density at radius 1 is 0.963 bits per heavy atom. The summed E-state index contributed by atoms with van der Waals surface area (Å²) in [5.41, 5.74) is 2.14. The van der Waals surface area contributed by atoms with E-state index in [1.807, 2.05) is 30.3 Å². The van der Waals surface area contributed by atoms with Crippen molar-refractivity contribution >= 4 is 23.2 Å². The second-order valence-corrected chi connectivity index (χ2v) is 6.03. The number of nitrogens with zero attached hydrogens (tertiary/aromatic N) is 2. The highest BCUT2D eigenvalue weighted by Crippen LogP contribution is 2.18. The highest BCUT2D eigenvalue weighted by molar-refractivity contribution is 5.93. The molecule has 0 bridgehead atoms. The van der Waals surface area contributed by atoms with Crippen molar-refractivity contribution in [2.75, 3.05) is 10.6 Å². The van der Waals surface area contributed by atoms with Crippen molar-refractivity contribution in [1.29, 1.82) is 0 Å². The summed E-state index contributed by atoms with van der Waals surface area (Å²) in [5, 5.41) is 13.6. The van der Waals surface area contributed by atoms with Crippen molar-refractivity contribution < 1.29 is 14.0 Å². The predicted octanol–water partition coefficient (Wildman–Crippen LogP) is 3.66. The van der Waals surface area contributed by atoms with Crippen LogP contribution in [-0.2, 0) is 16.0 Å². The molecule has 0 spiro atoms. The summed E-state index contributed by atoms with van der Waals surface area (Å²) in [4.78, 5) is 23.2. The molecule has 2 N–H and O–H groups in total. The summed E-state index contributed by atoms with van der Waals surface area (Å²) < 4.78 is 5.63. The van der Waals surface area contributed by atoms with Crippen LogP contribution in [0.1, 0.15) is 25.7 Å². The fourth-order valence-corrected chi connectivity index (χ4v) is 2.55. The number of carbonyl (C=O) groups is 2. The number of rotatable bonds is 7. The molecular formula is C20H20N4O3. The third-order valence-electron chi connectivity index (χ3n) is 3.75. The molecule has 7 heteroatoms. The van der Waals surface area contributed by atoms with Crippen molar-refractivity contribution in [3.05, 3.63) is 60.5 Å². The first-order valence-corrected chi connectivity index (χ1v) is 8.65. The largest absolute Gasteiger partial charge is 0.421 e. The summed E-state index contributed by atoms with van der Waals surface area (Å²) in [6, 6.07) is 16.6. The number of amides is 2. The highest BCUT2D eigenvalue weighted by Gasteiger charge is 2.09. The number of hydrogen-bond acceptors (Lipinski definition) is 5. The van der Waals surface area contributed by atoms with Gasteiger partial charge in [-0.1, -0.05) is 24.3 Å². The Bertz CT molecular complexity index is 922. The molecule has 138 valence electrons. The van der Waals surface area contributed by atoms with E-state index in [2.05, 4.69) is 20.8 Å². The Labute approximate surface area is 156 Å². The zero-order valence-corrected chi connectivity index (χ0v) is 14.9. The summed E-state index contributed by atoms with van der Waals surface area (Å²) in [5.74, 6) is 0.713. The van der Waals surface area contributed by atoms with Gasteiger partial charge in [0.2, 0.25) is 23.6 Å². The minimum atomic E-state index is -0.159. The Kier molecular flexibility index (Phi) is 5.94. The summed E-state index contributed by atoms with van der Waals surface area (Å²) >= 11 is 0. The molecule has 0 saturated carbocycles. The third kappa shape index (κ3) is 5.50. The van der Waals surface area contributed by atoms with E-state index in [-0.39, 0.29) is 11.8 Å². The predicted molar refractivity (Wildman–Crippen MR) is 102 cm³/mol. The molecule has 0 fully saturated rings. The lowest BCUT2D eigenvalue weighted by atomic mass is 10.2. The number of carbonyl (C=O) groups excluding carboxylic acids is 2. The molecule has 0 saturated heterocycles. The van der Waals surface area contributed by atoms with Crippen LogP contribution in [-0.4, -0.2) is 22.0 Å². The maximum Gasteiger partial charge on any atom is 0.247 e. The van der Waals surface area contributed by atoms with Crippen LogP contribution in [0.15, 0.2) is 59.0 Å². The quantitative estimate of drug-likeness (QED) is 0.667. The second kappa shape index (κ2) is 8.75. The van der Waals surface area contributed by atoms with Gasteiger partial charge in [0.15, 0.2) is 0 Å². The second-order valence-electron chi connectivity index (χ2n) is 6.03. The lowest BCUT2D eigenvalue weighted by Crippen LogP contribution is -2.12. The van der Waals surface area contributed by atoms with E-state index < -0.39 is 0 Å². The summed E-state index contributed by atoms with van der Waals surface area (Å²) in [6.07, 6.45) is 1.44. The van der Waals surface area contributed by atoms with Crippen LogP contribution in [0.2, 0.25) is 0 Å². The highest BCUT2D eigenvalue weighted by atomic mass is 16.4. The molecule has 27 heavy (non-hydrogen) atoms. The Morgan fingerprint density at radius 3 is 2.44 bits per heavy atom. The first-order valence-electron chi connectivity index (χ1n) is 8.65. The van der Waals surface area contributed by atoms with Crippen LogP contribution in [0, 0.1) is 0 Å². The number of nitrogens with one attached hydrogen (secondary N) is 2. The maximum atomic E-state index is 12.1. The molecular weight excluding hydrogens is 344 g/mol. The van der Waals surface area contributed by atoms with Gasteiger partial charge in [0.1, 0.15) is 0 Å². The average Bonchev–Trinajstić information content (AvgIpc) is 3.11. The van der Waals surface area contributed by atoms with Crippen molar-refractivity contribution in [2.45, 2.75) is 26.2 Å². The maximum absolute atomic E-state index is 12.1. The molecule has 7 nitrogen and oxygen atoms in total. The molecule has 3 aromatic rings. The van der Waals surface area contributed by atoms with Gasteiger partial charge in [0, 0.05) is 36.7 Å². The fourth-order valence-electron chi connectivity index (χ4n) is 2.55. The molecule has 0 aliphatic carbocycles. The van der Waals surface area contributed by atoms with Gasteiger partial charge in [-0.15, -0.1) is 10.2 Å². The zero-order chi connectivity index (χ0) is 19.1. The lowest BCUT2D eigenvalue weighted by molar-refractivity contribution is -0.116. The first kappa shape index (κ1) is 18.3. The van der Waals surface area contributed by atoms with Gasteiger partial charge in [-0.05, 0) is 36.8 Å². The monoisotopic (exact) mass is 364 g/mol. The summed E-state index contributed by atoms with van der Waals surface area (Å²) in [7, 11) is 0. The normalized spacial score (nSPS) is 10.4. The van der Waals surface area contributed by atoms with Gasteiger partial charge in [0.05, 0.1) is 0 Å². The molecule has 0 unspecified atom stereocenters.